The average Bonchev–Trinajstić information content (AvgIpc) is 3.48. The third kappa shape index (κ3) is 14.0. The third-order valence-electron chi connectivity index (χ3n) is 13.7. The molecule has 5 heterocycles. The highest BCUT2D eigenvalue weighted by Gasteiger charge is 2.63. The molecule has 78 heavy (non-hydrogen) atoms. The molecule has 20 N–H and O–H groups in total. The van der Waals surface area contributed by atoms with E-state index >= 15 is 0 Å². The van der Waals surface area contributed by atoms with Crippen molar-refractivity contribution in [1.82, 2.24) is 16.0 Å². The predicted molar refractivity (Wildman–Crippen MR) is 241 cm³/mol. The molecule has 35 heteroatoms. The van der Waals surface area contributed by atoms with Crippen molar-refractivity contribution in [2.45, 2.75) is 198 Å². The zero-order chi connectivity index (χ0) is 58.5. The van der Waals surface area contributed by atoms with Gasteiger partial charge in [0.25, 0.3) is 11.6 Å². The van der Waals surface area contributed by atoms with Crippen LogP contribution in [-0.2, 0) is 71.3 Å². The molecule has 0 bridgehead atoms. The van der Waals surface area contributed by atoms with Gasteiger partial charge in [-0.1, -0.05) is 0 Å². The number of ether oxygens (including phenoxy) is 10. The highest BCUT2D eigenvalue weighted by Crippen LogP contribution is 2.42. The first-order chi connectivity index (χ1) is 36.6. The van der Waals surface area contributed by atoms with Crippen molar-refractivity contribution in [3.63, 3.8) is 0 Å². The molecule has 5 fully saturated rings. The largest absolute Gasteiger partial charge is 0.477 e. The van der Waals surface area contributed by atoms with E-state index in [1.165, 1.54) is 0 Å². The minimum atomic E-state index is -3.52. The van der Waals surface area contributed by atoms with Gasteiger partial charge in [0.15, 0.2) is 18.9 Å². The SMILES string of the molecule is COC1OC(CO)C(OC2OC(CO)C(OC3OC(CO)C(O)C(O)C3NC(C)=O)C(OC3(C(=O)O)CC(O)C(NC(C)=O)C([C@H](O)C(CO)OC4(C(=O)O)CC(O)C(NC(C)=O)C([C@H](O)[C@H](O)CO)O4)O3)C2O)C(O)C1O. The summed E-state index contributed by atoms with van der Waals surface area (Å²) in [5, 5.41) is 192. The van der Waals surface area contributed by atoms with E-state index in [0.717, 1.165) is 27.9 Å². The van der Waals surface area contributed by atoms with Crippen LogP contribution < -0.4 is 16.0 Å². The van der Waals surface area contributed by atoms with Crippen LogP contribution in [0.15, 0.2) is 0 Å². The van der Waals surface area contributed by atoms with Crippen molar-refractivity contribution in [3.8, 4) is 0 Å². The van der Waals surface area contributed by atoms with Crippen molar-refractivity contribution >= 4 is 29.7 Å². The molecule has 0 saturated carbocycles. The Morgan fingerprint density at radius 3 is 1.49 bits per heavy atom. The van der Waals surface area contributed by atoms with Crippen LogP contribution in [0.3, 0.4) is 0 Å². The van der Waals surface area contributed by atoms with E-state index in [-0.39, 0.29) is 0 Å². The first-order valence-corrected chi connectivity index (χ1v) is 24.2. The van der Waals surface area contributed by atoms with E-state index < -0.39 is 240 Å². The van der Waals surface area contributed by atoms with Gasteiger partial charge < -0.3 is 150 Å². The summed E-state index contributed by atoms with van der Waals surface area (Å²) in [6.07, 6.45) is -49.3. The van der Waals surface area contributed by atoms with Crippen molar-refractivity contribution in [2.75, 3.05) is 40.1 Å². The number of carboxylic acid groups (broad SMARTS) is 2. The molecular formula is C43H71N3O32. The fourth-order valence-electron chi connectivity index (χ4n) is 9.83. The Bertz CT molecular complexity index is 2020. The quantitative estimate of drug-likeness (QED) is 0.0452. The minimum absolute atomic E-state index is 0.869. The van der Waals surface area contributed by atoms with E-state index in [1.807, 2.05) is 0 Å². The molecular weight excluding hydrogens is 1070 g/mol. The van der Waals surface area contributed by atoms with Gasteiger partial charge in [0, 0.05) is 40.7 Å². The molecule has 5 saturated heterocycles. The Labute approximate surface area is 441 Å². The fraction of sp³-hybridized carbons (Fsp3) is 0.884. The maximum absolute atomic E-state index is 13.8. The van der Waals surface area contributed by atoms with Crippen molar-refractivity contribution in [3.05, 3.63) is 0 Å². The number of carboxylic acids is 2. The van der Waals surface area contributed by atoms with Gasteiger partial charge in [-0.25, -0.2) is 9.59 Å². The highest BCUT2D eigenvalue weighted by molar-refractivity contribution is 5.77. The molecule has 35 nitrogen and oxygen atoms in total. The molecule has 3 amide bonds. The van der Waals surface area contributed by atoms with Gasteiger partial charge in [0.2, 0.25) is 17.7 Å². The van der Waals surface area contributed by atoms with Crippen LogP contribution in [0.25, 0.3) is 0 Å². The first kappa shape index (κ1) is 65.2. The summed E-state index contributed by atoms with van der Waals surface area (Å²) in [7, 11) is 1.08. The van der Waals surface area contributed by atoms with Crippen LogP contribution in [0.5, 0.6) is 0 Å². The van der Waals surface area contributed by atoms with E-state index in [0.29, 0.717) is 0 Å². The fourth-order valence-corrected chi connectivity index (χ4v) is 9.83. The number of carbonyl (C=O) groups excluding carboxylic acids is 3. The molecule has 450 valence electrons. The minimum Gasteiger partial charge on any atom is -0.477 e. The summed E-state index contributed by atoms with van der Waals surface area (Å²) in [6.45, 7) is -3.09. The molecule has 0 radical (unpaired) electrons. The maximum atomic E-state index is 13.8. The average molecular weight is 1140 g/mol. The number of rotatable bonds is 23. The van der Waals surface area contributed by atoms with Crippen LogP contribution in [0, 0.1) is 0 Å². The number of aliphatic hydroxyl groups is 15. The third-order valence-corrected chi connectivity index (χ3v) is 13.7. The summed E-state index contributed by atoms with van der Waals surface area (Å²) in [6, 6.07) is -5.53. The lowest BCUT2D eigenvalue weighted by atomic mass is 9.87. The normalized spacial score (nSPS) is 42.8. The number of aliphatic hydroxyl groups excluding tert-OH is 15. The number of aliphatic carboxylic acids is 2. The van der Waals surface area contributed by atoms with Gasteiger partial charge in [-0.05, 0) is 0 Å². The van der Waals surface area contributed by atoms with E-state index in [2.05, 4.69) is 16.0 Å². The molecule has 0 spiro atoms. The summed E-state index contributed by atoms with van der Waals surface area (Å²) in [5.74, 6) is -14.0. The lowest BCUT2D eigenvalue weighted by Gasteiger charge is -2.52. The number of methoxy groups -OCH3 is 1. The molecule has 0 aromatic carbocycles. The Morgan fingerprint density at radius 1 is 0.538 bits per heavy atom. The Kier molecular flexibility index (Phi) is 22.9. The summed E-state index contributed by atoms with van der Waals surface area (Å²) in [5.41, 5.74) is 0. The first-order valence-electron chi connectivity index (χ1n) is 24.2. The zero-order valence-electron chi connectivity index (χ0n) is 42.1. The molecule has 0 aromatic rings. The van der Waals surface area contributed by atoms with Gasteiger partial charge in [0.05, 0.1) is 57.3 Å². The van der Waals surface area contributed by atoms with Crippen molar-refractivity contribution in [1.29, 1.82) is 0 Å². The molecule has 5 rings (SSSR count). The molecule has 5 aliphatic rings. The molecule has 5 aliphatic heterocycles. The zero-order valence-corrected chi connectivity index (χ0v) is 42.1. The standard InChI is InChI=1S/C43H71N3O32/c1-12(52)44-22-15(55)5-42(40(65)66,76-34(22)25(58)17(57)7-47)75-19(9-49)27(60)35-23(45-13(2)53)16(56)6-43(77-35,41(67)68)78-36-31(64)39(73-32-20(10-50)71-38(69-4)30(63)29(32)62)72-21(11-51)33(36)74-37-24(46-14(3)54)28(61)26(59)18(8-48)70-37/h15-39,47-51,55-64H,5-11H2,1-4H3,(H,44,52)(H,45,53)(H,46,54)(H,65,66)(H,67,68)/t15?,16?,17-,18?,19?,20?,21?,22?,23?,24?,25-,26?,27-,28?,29?,30?,31?,32?,33?,34?,35?,36?,37?,38?,39?,42?,43?/m1/s1. The second-order valence-electron chi connectivity index (χ2n) is 19.2. The van der Waals surface area contributed by atoms with Gasteiger partial charge in [-0.2, -0.15) is 0 Å². The van der Waals surface area contributed by atoms with Crippen LogP contribution in [0.1, 0.15) is 33.6 Å². The van der Waals surface area contributed by atoms with Gasteiger partial charge >= 0.3 is 11.9 Å². The number of carbonyl (C=O) groups is 5. The number of nitrogens with one attached hydrogen (secondary N) is 3. The summed E-state index contributed by atoms with van der Waals surface area (Å²) < 4.78 is 57.1. The van der Waals surface area contributed by atoms with Crippen LogP contribution in [-0.4, -0.2) is 321 Å². The molecule has 24 unspecified atom stereocenters. The van der Waals surface area contributed by atoms with Gasteiger partial charge in [-0.3, -0.25) is 14.4 Å². The lowest BCUT2D eigenvalue weighted by Crippen LogP contribution is -2.72. The molecule has 0 aromatic heterocycles. The van der Waals surface area contributed by atoms with E-state index in [9.17, 15) is 111 Å². The topological polar surface area (TPSA) is 558 Å². The summed E-state index contributed by atoms with van der Waals surface area (Å²) in [4.78, 5) is 64.0. The van der Waals surface area contributed by atoms with Gasteiger partial charge in [-0.15, -0.1) is 0 Å². The Balaban J connectivity index is 1.62. The highest BCUT2D eigenvalue weighted by atomic mass is 16.8. The van der Waals surface area contributed by atoms with Crippen LogP contribution >= 0.6 is 0 Å². The maximum Gasteiger partial charge on any atom is 0.364 e. The number of hydrogen-bond donors (Lipinski definition) is 20. The van der Waals surface area contributed by atoms with Crippen LogP contribution in [0.4, 0.5) is 0 Å². The Hall–Kier alpha value is -3.65. The van der Waals surface area contributed by atoms with Gasteiger partial charge in [0.1, 0.15) is 110 Å². The number of hydrogen-bond acceptors (Lipinski definition) is 30. The molecule has 0 aliphatic carbocycles. The molecule has 27 atom stereocenters. The second kappa shape index (κ2) is 27.4. The van der Waals surface area contributed by atoms with Crippen molar-refractivity contribution < 1.29 is 158 Å². The number of amides is 3. The smallest absolute Gasteiger partial charge is 0.364 e. The van der Waals surface area contributed by atoms with Crippen molar-refractivity contribution in [2.24, 2.45) is 0 Å². The van der Waals surface area contributed by atoms with E-state index in [1.54, 1.807) is 0 Å². The van der Waals surface area contributed by atoms with E-state index in [4.69, 9.17) is 47.4 Å². The summed E-state index contributed by atoms with van der Waals surface area (Å²) >= 11 is 0. The predicted octanol–water partition coefficient (Wildman–Crippen LogP) is -12.4. The second-order valence-corrected chi connectivity index (χ2v) is 19.2. The monoisotopic (exact) mass is 1140 g/mol. The lowest BCUT2D eigenvalue weighted by molar-refractivity contribution is -0.401. The van der Waals surface area contributed by atoms with Crippen LogP contribution in [0.2, 0.25) is 0 Å². The Morgan fingerprint density at radius 2 is 1.00 bits per heavy atom.